The normalized spacial score (nSPS) is 18.3. The van der Waals surface area contributed by atoms with Gasteiger partial charge >= 0.3 is 0 Å². The second-order valence-electron chi connectivity index (χ2n) is 4.71. The van der Waals surface area contributed by atoms with Gasteiger partial charge in [-0.3, -0.25) is 0 Å². The number of nitrogens with one attached hydrogen (secondary N) is 1. The van der Waals surface area contributed by atoms with Crippen molar-refractivity contribution in [3.05, 3.63) is 0 Å². The highest BCUT2D eigenvalue weighted by atomic mass is 19.2. The Morgan fingerprint density at radius 3 is 2.06 bits per heavy atom. The summed E-state index contributed by atoms with van der Waals surface area (Å²) in [6.45, 7) is 3.75. The van der Waals surface area contributed by atoms with Crippen molar-refractivity contribution in [1.82, 2.24) is 5.32 Å². The van der Waals surface area contributed by atoms with E-state index in [0.717, 1.165) is 26.2 Å². The van der Waals surface area contributed by atoms with E-state index in [0.29, 0.717) is 6.54 Å². The van der Waals surface area contributed by atoms with Crippen LogP contribution < -0.4 is 5.32 Å². The second kappa shape index (κ2) is 10.6. The van der Waals surface area contributed by atoms with Crippen LogP contribution in [0.25, 0.3) is 0 Å². The van der Waals surface area contributed by atoms with Gasteiger partial charge in [0.25, 0.3) is 0 Å². The van der Waals surface area contributed by atoms with E-state index in [4.69, 9.17) is 0 Å². The SMILES string of the molecule is CCCCCNCC(F)C(F)CCC(F)C(C)F. The smallest absolute Gasteiger partial charge is 0.143 e. The third kappa shape index (κ3) is 8.72. The first kappa shape index (κ1) is 17.7. The summed E-state index contributed by atoms with van der Waals surface area (Å²) < 4.78 is 51.9. The molecule has 0 spiro atoms. The molecule has 1 nitrogen and oxygen atoms in total. The summed E-state index contributed by atoms with van der Waals surface area (Å²) in [4.78, 5) is 0. The van der Waals surface area contributed by atoms with Gasteiger partial charge < -0.3 is 5.32 Å². The maximum Gasteiger partial charge on any atom is 0.143 e. The zero-order chi connectivity index (χ0) is 14.0. The maximum absolute atomic E-state index is 13.3. The van der Waals surface area contributed by atoms with Crippen LogP contribution in [0, 0.1) is 0 Å². The minimum atomic E-state index is -1.72. The molecular weight excluding hydrogens is 246 g/mol. The number of alkyl halides is 4. The summed E-state index contributed by atoms with van der Waals surface area (Å²) in [5, 5.41) is 2.83. The molecule has 0 saturated heterocycles. The zero-order valence-corrected chi connectivity index (χ0v) is 11.3. The van der Waals surface area contributed by atoms with Gasteiger partial charge in [-0.1, -0.05) is 19.8 Å². The highest BCUT2D eigenvalue weighted by Crippen LogP contribution is 2.16. The molecule has 0 aliphatic carbocycles. The molecule has 0 aliphatic rings. The Hall–Kier alpha value is -0.320. The highest BCUT2D eigenvalue weighted by molar-refractivity contribution is 4.74. The lowest BCUT2D eigenvalue weighted by molar-refractivity contribution is 0.120. The molecule has 0 aromatic carbocycles. The predicted molar refractivity (Wildman–Crippen MR) is 66.9 cm³/mol. The van der Waals surface area contributed by atoms with Crippen molar-refractivity contribution in [2.24, 2.45) is 0 Å². The molecule has 0 heterocycles. The van der Waals surface area contributed by atoms with Crippen molar-refractivity contribution in [2.75, 3.05) is 13.1 Å². The number of hydrogen-bond donors (Lipinski definition) is 1. The summed E-state index contributed by atoms with van der Waals surface area (Å²) in [6.07, 6.45) is -4.16. The summed E-state index contributed by atoms with van der Waals surface area (Å²) in [5.41, 5.74) is 0. The molecule has 0 bridgehead atoms. The lowest BCUT2D eigenvalue weighted by Gasteiger charge is -2.16. The van der Waals surface area contributed by atoms with E-state index in [1.54, 1.807) is 0 Å². The minimum Gasteiger partial charge on any atom is -0.314 e. The van der Waals surface area contributed by atoms with Crippen LogP contribution in [-0.2, 0) is 0 Å². The molecular formula is C13H25F4N. The molecule has 110 valence electrons. The molecule has 0 aliphatic heterocycles. The fourth-order valence-electron chi connectivity index (χ4n) is 1.60. The molecule has 0 aromatic heterocycles. The van der Waals surface area contributed by atoms with Crippen LogP contribution >= 0.6 is 0 Å². The predicted octanol–water partition coefficient (Wildman–Crippen LogP) is 3.92. The first-order valence-corrected chi connectivity index (χ1v) is 6.76. The largest absolute Gasteiger partial charge is 0.314 e. The standard InChI is InChI=1S/C13H25F4N/c1-3-4-5-8-18-9-13(17)12(16)7-6-11(15)10(2)14/h10-13,18H,3-9H2,1-2H3. The van der Waals surface area contributed by atoms with Crippen LogP contribution in [0.5, 0.6) is 0 Å². The van der Waals surface area contributed by atoms with Crippen molar-refractivity contribution < 1.29 is 17.6 Å². The Balaban J connectivity index is 3.59. The fraction of sp³-hybridized carbons (Fsp3) is 1.00. The molecule has 0 aromatic rings. The van der Waals surface area contributed by atoms with Gasteiger partial charge in [-0.2, -0.15) is 0 Å². The topological polar surface area (TPSA) is 12.0 Å². The molecule has 4 atom stereocenters. The molecule has 5 heteroatoms. The Kier molecular flexibility index (Phi) is 10.4. The Morgan fingerprint density at radius 1 is 0.889 bits per heavy atom. The lowest BCUT2D eigenvalue weighted by Crippen LogP contribution is -2.32. The van der Waals surface area contributed by atoms with Crippen LogP contribution in [0.4, 0.5) is 17.6 Å². The monoisotopic (exact) mass is 271 g/mol. The quantitative estimate of drug-likeness (QED) is 0.443. The van der Waals surface area contributed by atoms with E-state index >= 15 is 0 Å². The fourth-order valence-corrected chi connectivity index (χ4v) is 1.60. The Labute approximate surface area is 107 Å². The first-order chi connectivity index (χ1) is 8.49. The van der Waals surface area contributed by atoms with Gasteiger partial charge in [0.2, 0.25) is 0 Å². The number of hydrogen-bond acceptors (Lipinski definition) is 1. The molecule has 0 saturated carbocycles. The number of unbranched alkanes of at least 4 members (excludes halogenated alkanes) is 2. The van der Waals surface area contributed by atoms with Gasteiger partial charge in [0.1, 0.15) is 24.7 Å². The molecule has 0 radical (unpaired) electrons. The average Bonchev–Trinajstić information content (AvgIpc) is 2.34. The van der Waals surface area contributed by atoms with E-state index in [1.807, 2.05) is 0 Å². The molecule has 4 unspecified atom stereocenters. The van der Waals surface area contributed by atoms with Crippen LogP contribution in [-0.4, -0.2) is 37.8 Å². The van der Waals surface area contributed by atoms with Crippen molar-refractivity contribution in [1.29, 1.82) is 0 Å². The highest BCUT2D eigenvalue weighted by Gasteiger charge is 2.23. The molecule has 0 amide bonds. The van der Waals surface area contributed by atoms with E-state index in [-0.39, 0.29) is 19.4 Å². The van der Waals surface area contributed by atoms with E-state index in [9.17, 15) is 17.6 Å². The molecule has 1 N–H and O–H groups in total. The van der Waals surface area contributed by atoms with Gasteiger partial charge in [-0.05, 0) is 32.7 Å². The van der Waals surface area contributed by atoms with Crippen LogP contribution in [0.2, 0.25) is 0 Å². The lowest BCUT2D eigenvalue weighted by atomic mass is 10.1. The summed E-state index contributed by atoms with van der Waals surface area (Å²) in [5.74, 6) is 0. The van der Waals surface area contributed by atoms with Gasteiger partial charge in [-0.25, -0.2) is 17.6 Å². The third-order valence-corrected chi connectivity index (χ3v) is 2.91. The van der Waals surface area contributed by atoms with E-state index in [1.165, 1.54) is 0 Å². The minimum absolute atomic E-state index is 0.0625. The van der Waals surface area contributed by atoms with Gasteiger partial charge in [0.15, 0.2) is 0 Å². The number of halogens is 4. The van der Waals surface area contributed by atoms with E-state index in [2.05, 4.69) is 12.2 Å². The van der Waals surface area contributed by atoms with Crippen molar-refractivity contribution in [3.8, 4) is 0 Å². The first-order valence-electron chi connectivity index (χ1n) is 6.76. The van der Waals surface area contributed by atoms with Gasteiger partial charge in [0, 0.05) is 6.54 Å². The maximum atomic E-state index is 13.3. The average molecular weight is 271 g/mol. The zero-order valence-electron chi connectivity index (χ0n) is 11.3. The van der Waals surface area contributed by atoms with Crippen molar-refractivity contribution in [2.45, 2.75) is 70.6 Å². The van der Waals surface area contributed by atoms with E-state index < -0.39 is 24.7 Å². The molecule has 0 rings (SSSR count). The molecule has 18 heavy (non-hydrogen) atoms. The summed E-state index contributed by atoms with van der Waals surface area (Å²) in [6, 6.07) is 0. The van der Waals surface area contributed by atoms with Gasteiger partial charge in [-0.15, -0.1) is 0 Å². The third-order valence-electron chi connectivity index (χ3n) is 2.91. The van der Waals surface area contributed by atoms with Crippen LogP contribution in [0.3, 0.4) is 0 Å². The van der Waals surface area contributed by atoms with Gasteiger partial charge in [0.05, 0.1) is 0 Å². The Bertz CT molecular complexity index is 190. The second-order valence-corrected chi connectivity index (χ2v) is 4.71. The Morgan fingerprint density at radius 2 is 1.50 bits per heavy atom. The number of rotatable bonds is 11. The molecule has 0 fully saturated rings. The van der Waals surface area contributed by atoms with Crippen molar-refractivity contribution >= 4 is 0 Å². The summed E-state index contributed by atoms with van der Waals surface area (Å²) >= 11 is 0. The van der Waals surface area contributed by atoms with Crippen LogP contribution in [0.1, 0.15) is 46.0 Å². The van der Waals surface area contributed by atoms with Crippen molar-refractivity contribution in [3.63, 3.8) is 0 Å². The summed E-state index contributed by atoms with van der Waals surface area (Å²) in [7, 11) is 0. The van der Waals surface area contributed by atoms with Crippen LogP contribution in [0.15, 0.2) is 0 Å².